The topological polar surface area (TPSA) is 15.3 Å². The van der Waals surface area contributed by atoms with Crippen molar-refractivity contribution in [3.63, 3.8) is 0 Å². The molecule has 2 rings (SSSR count). The average molecular weight is 254 g/mol. The molecular weight excluding hydrogens is 234 g/mol. The molecule has 2 unspecified atom stereocenters. The van der Waals surface area contributed by atoms with Crippen molar-refractivity contribution in [1.82, 2.24) is 10.2 Å². The molecule has 1 heterocycles. The van der Waals surface area contributed by atoms with Crippen LogP contribution in [0.4, 0.5) is 8.78 Å². The van der Waals surface area contributed by atoms with Crippen LogP contribution in [0.2, 0.25) is 0 Å². The SMILES string of the molecule is CC(NCC1CCN(C)C1)c1ccc(F)cc1F. The van der Waals surface area contributed by atoms with Crippen LogP contribution in [0.15, 0.2) is 18.2 Å². The molecule has 0 amide bonds. The monoisotopic (exact) mass is 254 g/mol. The van der Waals surface area contributed by atoms with E-state index < -0.39 is 11.6 Å². The number of nitrogens with one attached hydrogen (secondary N) is 1. The summed E-state index contributed by atoms with van der Waals surface area (Å²) in [5.74, 6) is -0.375. The van der Waals surface area contributed by atoms with E-state index in [9.17, 15) is 8.78 Å². The van der Waals surface area contributed by atoms with Gasteiger partial charge in [0, 0.05) is 24.2 Å². The minimum Gasteiger partial charge on any atom is -0.310 e. The molecule has 0 bridgehead atoms. The summed E-state index contributed by atoms with van der Waals surface area (Å²) in [6.07, 6.45) is 1.18. The summed E-state index contributed by atoms with van der Waals surface area (Å²) in [7, 11) is 2.11. The van der Waals surface area contributed by atoms with Gasteiger partial charge in [-0.15, -0.1) is 0 Å². The average Bonchev–Trinajstić information content (AvgIpc) is 2.72. The molecule has 1 N–H and O–H groups in total. The van der Waals surface area contributed by atoms with Crippen molar-refractivity contribution in [3.8, 4) is 0 Å². The number of rotatable bonds is 4. The lowest BCUT2D eigenvalue weighted by atomic mass is 10.1. The van der Waals surface area contributed by atoms with E-state index in [2.05, 4.69) is 17.3 Å². The molecule has 0 radical (unpaired) electrons. The second kappa shape index (κ2) is 5.76. The second-order valence-corrected chi connectivity index (χ2v) is 5.21. The van der Waals surface area contributed by atoms with E-state index in [4.69, 9.17) is 0 Å². The molecule has 4 heteroatoms. The van der Waals surface area contributed by atoms with Gasteiger partial charge in [-0.1, -0.05) is 6.07 Å². The summed E-state index contributed by atoms with van der Waals surface area (Å²) < 4.78 is 26.4. The van der Waals surface area contributed by atoms with Gasteiger partial charge < -0.3 is 10.2 Å². The first-order valence-corrected chi connectivity index (χ1v) is 6.43. The summed E-state index contributed by atoms with van der Waals surface area (Å²) in [5, 5.41) is 3.33. The van der Waals surface area contributed by atoms with Crippen LogP contribution in [-0.4, -0.2) is 31.6 Å². The van der Waals surface area contributed by atoms with E-state index in [0.717, 1.165) is 25.7 Å². The fourth-order valence-electron chi connectivity index (χ4n) is 2.50. The third-order valence-corrected chi connectivity index (χ3v) is 3.63. The van der Waals surface area contributed by atoms with Crippen LogP contribution in [0.25, 0.3) is 0 Å². The van der Waals surface area contributed by atoms with Crippen molar-refractivity contribution in [2.24, 2.45) is 5.92 Å². The summed E-state index contributed by atoms with van der Waals surface area (Å²) in [6, 6.07) is 3.68. The molecule has 1 aromatic carbocycles. The molecule has 1 saturated heterocycles. The number of hydrogen-bond donors (Lipinski definition) is 1. The van der Waals surface area contributed by atoms with Gasteiger partial charge in [0.05, 0.1) is 0 Å². The molecule has 100 valence electrons. The summed E-state index contributed by atoms with van der Waals surface area (Å²) in [4.78, 5) is 2.30. The standard InChI is InChI=1S/C14H20F2N2/c1-10(13-4-3-12(15)7-14(13)16)17-8-11-5-6-18(2)9-11/h3-4,7,10-11,17H,5-6,8-9H2,1-2H3. The Morgan fingerprint density at radius 3 is 2.83 bits per heavy atom. The highest BCUT2D eigenvalue weighted by atomic mass is 19.1. The zero-order chi connectivity index (χ0) is 13.1. The van der Waals surface area contributed by atoms with Crippen molar-refractivity contribution in [2.75, 3.05) is 26.7 Å². The Balaban J connectivity index is 1.89. The molecule has 0 saturated carbocycles. The van der Waals surface area contributed by atoms with Gasteiger partial charge in [-0.25, -0.2) is 8.78 Å². The van der Waals surface area contributed by atoms with Crippen molar-refractivity contribution in [1.29, 1.82) is 0 Å². The number of nitrogens with zero attached hydrogens (tertiary/aromatic N) is 1. The highest BCUT2D eigenvalue weighted by Gasteiger charge is 2.20. The highest BCUT2D eigenvalue weighted by Crippen LogP contribution is 2.19. The van der Waals surface area contributed by atoms with Gasteiger partial charge in [-0.2, -0.15) is 0 Å². The largest absolute Gasteiger partial charge is 0.310 e. The molecule has 1 fully saturated rings. The van der Waals surface area contributed by atoms with E-state index in [1.54, 1.807) is 0 Å². The number of halogens is 2. The molecule has 1 aliphatic heterocycles. The summed E-state index contributed by atoms with van der Waals surface area (Å²) in [6.45, 7) is 5.01. The zero-order valence-corrected chi connectivity index (χ0v) is 10.9. The van der Waals surface area contributed by atoms with Crippen molar-refractivity contribution >= 4 is 0 Å². The summed E-state index contributed by atoms with van der Waals surface area (Å²) >= 11 is 0. The predicted molar refractivity (Wildman–Crippen MR) is 68.4 cm³/mol. The van der Waals surface area contributed by atoms with E-state index >= 15 is 0 Å². The molecular formula is C14H20F2N2. The Bertz CT molecular complexity index is 409. The Morgan fingerprint density at radius 2 is 2.22 bits per heavy atom. The van der Waals surface area contributed by atoms with Gasteiger partial charge >= 0.3 is 0 Å². The molecule has 0 aliphatic carbocycles. The first kappa shape index (κ1) is 13.4. The van der Waals surface area contributed by atoms with E-state index in [0.29, 0.717) is 11.5 Å². The third-order valence-electron chi connectivity index (χ3n) is 3.63. The fourth-order valence-corrected chi connectivity index (χ4v) is 2.50. The second-order valence-electron chi connectivity index (χ2n) is 5.21. The van der Waals surface area contributed by atoms with Crippen LogP contribution < -0.4 is 5.32 Å². The maximum absolute atomic E-state index is 13.6. The normalized spacial score (nSPS) is 22.3. The quantitative estimate of drug-likeness (QED) is 0.888. The van der Waals surface area contributed by atoms with Gasteiger partial charge in [0.15, 0.2) is 0 Å². The first-order valence-electron chi connectivity index (χ1n) is 6.43. The minimum atomic E-state index is -0.527. The van der Waals surface area contributed by atoms with E-state index in [1.807, 2.05) is 6.92 Å². The number of hydrogen-bond acceptors (Lipinski definition) is 2. The predicted octanol–water partition coefficient (Wildman–Crippen LogP) is 2.57. The van der Waals surface area contributed by atoms with Crippen LogP contribution >= 0.6 is 0 Å². The Hall–Kier alpha value is -1.00. The Morgan fingerprint density at radius 1 is 1.44 bits per heavy atom. The lowest BCUT2D eigenvalue weighted by molar-refractivity contribution is 0.380. The van der Waals surface area contributed by atoms with Crippen LogP contribution in [0.1, 0.15) is 24.9 Å². The van der Waals surface area contributed by atoms with Gasteiger partial charge in [0.25, 0.3) is 0 Å². The maximum Gasteiger partial charge on any atom is 0.130 e. The van der Waals surface area contributed by atoms with Crippen LogP contribution in [0, 0.1) is 17.6 Å². The molecule has 1 aromatic rings. The first-order chi connectivity index (χ1) is 8.56. The molecule has 2 nitrogen and oxygen atoms in total. The molecule has 2 atom stereocenters. The fraction of sp³-hybridized carbons (Fsp3) is 0.571. The highest BCUT2D eigenvalue weighted by molar-refractivity contribution is 5.21. The van der Waals surface area contributed by atoms with E-state index in [1.165, 1.54) is 18.6 Å². The zero-order valence-electron chi connectivity index (χ0n) is 10.9. The van der Waals surface area contributed by atoms with Gasteiger partial charge in [0.1, 0.15) is 11.6 Å². The van der Waals surface area contributed by atoms with Crippen molar-refractivity contribution in [3.05, 3.63) is 35.4 Å². The van der Waals surface area contributed by atoms with Crippen molar-refractivity contribution in [2.45, 2.75) is 19.4 Å². The van der Waals surface area contributed by atoms with Gasteiger partial charge in [0.2, 0.25) is 0 Å². The third kappa shape index (κ3) is 3.27. The van der Waals surface area contributed by atoms with Gasteiger partial charge in [-0.3, -0.25) is 0 Å². The Kier molecular flexibility index (Phi) is 4.30. The van der Waals surface area contributed by atoms with E-state index in [-0.39, 0.29) is 6.04 Å². The number of likely N-dealkylation sites (tertiary alicyclic amines) is 1. The number of benzene rings is 1. The maximum atomic E-state index is 13.6. The van der Waals surface area contributed by atoms with Crippen molar-refractivity contribution < 1.29 is 8.78 Å². The van der Waals surface area contributed by atoms with Gasteiger partial charge in [-0.05, 0) is 45.5 Å². The minimum absolute atomic E-state index is 0.0866. The molecule has 0 aromatic heterocycles. The smallest absolute Gasteiger partial charge is 0.130 e. The molecule has 18 heavy (non-hydrogen) atoms. The van der Waals surface area contributed by atoms with Crippen LogP contribution in [0.5, 0.6) is 0 Å². The Labute approximate surface area is 107 Å². The lowest BCUT2D eigenvalue weighted by Gasteiger charge is -2.18. The summed E-state index contributed by atoms with van der Waals surface area (Å²) in [5.41, 5.74) is 0.530. The molecule has 1 aliphatic rings. The lowest BCUT2D eigenvalue weighted by Crippen LogP contribution is -2.27. The van der Waals surface area contributed by atoms with Crippen LogP contribution in [-0.2, 0) is 0 Å². The molecule has 0 spiro atoms. The van der Waals surface area contributed by atoms with Crippen LogP contribution in [0.3, 0.4) is 0 Å².